The number of ether oxygens (including phenoxy) is 1. The van der Waals surface area contributed by atoms with Gasteiger partial charge < -0.3 is 0 Å². The van der Waals surface area contributed by atoms with Crippen LogP contribution in [0.25, 0.3) is 11.1 Å². The van der Waals surface area contributed by atoms with Crippen molar-refractivity contribution < 1.29 is 19.4 Å². The van der Waals surface area contributed by atoms with Gasteiger partial charge in [-0.3, -0.25) is 0 Å². The van der Waals surface area contributed by atoms with Crippen LogP contribution in [0.5, 0.6) is 5.75 Å². The molecule has 4 nitrogen and oxygen atoms in total. The van der Waals surface area contributed by atoms with E-state index in [2.05, 4.69) is 0 Å². The summed E-state index contributed by atoms with van der Waals surface area (Å²) in [5.41, 5.74) is 3.35. The molecule has 1 N–H and O–H groups in total. The zero-order valence-electron chi connectivity index (χ0n) is 15.5. The Morgan fingerprint density at radius 1 is 0.964 bits per heavy atom. The summed E-state index contributed by atoms with van der Waals surface area (Å²) in [4.78, 5) is 23.3. The van der Waals surface area contributed by atoms with Crippen molar-refractivity contribution in [1.29, 1.82) is 0 Å². The van der Waals surface area contributed by atoms with Gasteiger partial charge in [-0.1, -0.05) is 0 Å². The maximum absolute atomic E-state index is 11.7. The molecular formula is C23H20AsO4. The Balaban J connectivity index is 1.81. The third-order valence-electron chi connectivity index (χ3n) is 4.24. The van der Waals surface area contributed by atoms with Crippen LogP contribution in [-0.2, 0) is 11.4 Å². The van der Waals surface area contributed by atoms with Gasteiger partial charge in [0, 0.05) is 0 Å². The molecule has 0 heterocycles. The summed E-state index contributed by atoms with van der Waals surface area (Å²) in [5.74, 6) is -0.557. The third kappa shape index (κ3) is 4.90. The summed E-state index contributed by atoms with van der Waals surface area (Å²) >= 11 is -0.809. The Morgan fingerprint density at radius 2 is 1.68 bits per heavy atom. The van der Waals surface area contributed by atoms with Crippen LogP contribution in [0.15, 0.2) is 72.8 Å². The van der Waals surface area contributed by atoms with E-state index < -0.39 is 21.7 Å². The van der Waals surface area contributed by atoms with Crippen LogP contribution in [0.1, 0.15) is 29.3 Å². The van der Waals surface area contributed by atoms with Crippen LogP contribution in [-0.4, -0.2) is 31.4 Å². The molecule has 3 rings (SSSR count). The summed E-state index contributed by atoms with van der Waals surface area (Å²) in [6.45, 7) is 2.12. The van der Waals surface area contributed by atoms with Crippen molar-refractivity contribution in [1.82, 2.24) is 0 Å². The number of carboxylic acid groups (broad SMARTS) is 1. The number of hydrogen-bond acceptors (Lipinski definition) is 3. The SMILES string of the molecule is CCC(=O)[As]c1ccc(OCc2ccccc2-c2ccccc2)cc1C(=O)O. The van der Waals surface area contributed by atoms with Crippen molar-refractivity contribution in [3.8, 4) is 16.9 Å². The molecule has 0 aliphatic rings. The Hall–Kier alpha value is -2.84. The zero-order valence-corrected chi connectivity index (χ0v) is 17.3. The van der Waals surface area contributed by atoms with Crippen LogP contribution >= 0.6 is 0 Å². The van der Waals surface area contributed by atoms with Crippen molar-refractivity contribution in [3.63, 3.8) is 0 Å². The van der Waals surface area contributed by atoms with E-state index in [-0.39, 0.29) is 10.1 Å². The van der Waals surface area contributed by atoms with Gasteiger partial charge in [0.2, 0.25) is 0 Å². The Kier molecular flexibility index (Phi) is 6.67. The Labute approximate surface area is 170 Å². The van der Waals surface area contributed by atoms with Gasteiger partial charge in [-0.05, 0) is 0 Å². The molecule has 0 spiro atoms. The Bertz CT molecular complexity index is 983. The molecule has 0 saturated carbocycles. The number of rotatable bonds is 8. The van der Waals surface area contributed by atoms with Crippen molar-refractivity contribution in [3.05, 3.63) is 83.9 Å². The van der Waals surface area contributed by atoms with E-state index in [1.54, 1.807) is 19.1 Å². The summed E-state index contributed by atoms with van der Waals surface area (Å²) < 4.78 is 6.60. The minimum absolute atomic E-state index is 0.101. The number of hydrogen-bond donors (Lipinski definition) is 1. The van der Waals surface area contributed by atoms with Gasteiger partial charge >= 0.3 is 171 Å². The zero-order chi connectivity index (χ0) is 19.9. The second-order valence-electron chi connectivity index (χ2n) is 6.16. The topological polar surface area (TPSA) is 63.6 Å². The van der Waals surface area contributed by atoms with Gasteiger partial charge in [0.1, 0.15) is 0 Å². The summed E-state index contributed by atoms with van der Waals surface area (Å²) in [5, 5.41) is 9.50. The molecule has 0 amide bonds. The molecule has 0 unspecified atom stereocenters. The quantitative estimate of drug-likeness (QED) is 0.546. The first-order valence-corrected chi connectivity index (χ1v) is 10.8. The van der Waals surface area contributed by atoms with Crippen LogP contribution < -0.4 is 9.09 Å². The first-order chi connectivity index (χ1) is 13.6. The molecule has 3 aromatic rings. The monoisotopic (exact) mass is 435 g/mol. The maximum atomic E-state index is 11.7. The second-order valence-corrected chi connectivity index (χ2v) is 8.68. The minimum atomic E-state index is -1.04. The average Bonchev–Trinajstić information content (AvgIpc) is 2.73. The second kappa shape index (κ2) is 9.38. The van der Waals surface area contributed by atoms with Gasteiger partial charge in [0.25, 0.3) is 0 Å². The molecule has 1 radical (unpaired) electrons. The third-order valence-corrected chi connectivity index (χ3v) is 6.75. The number of carbonyl (C=O) groups is 2. The molecule has 0 atom stereocenters. The molecule has 0 aliphatic carbocycles. The first kappa shape index (κ1) is 19.9. The molecule has 5 heteroatoms. The number of carbonyl (C=O) groups excluding carboxylic acids is 1. The van der Waals surface area contributed by atoms with Gasteiger partial charge in [0.05, 0.1) is 0 Å². The fourth-order valence-electron chi connectivity index (χ4n) is 2.79. The molecule has 0 saturated heterocycles. The van der Waals surface area contributed by atoms with E-state index in [0.29, 0.717) is 23.1 Å². The molecule has 0 aromatic heterocycles. The number of carboxylic acids is 1. The van der Waals surface area contributed by atoms with Crippen molar-refractivity contribution in [2.45, 2.75) is 20.0 Å². The molecule has 3 aromatic carbocycles. The van der Waals surface area contributed by atoms with Gasteiger partial charge in [-0.25, -0.2) is 0 Å². The summed E-state index contributed by atoms with van der Waals surface area (Å²) in [6.07, 6.45) is 0.424. The molecular weight excluding hydrogens is 415 g/mol. The van der Waals surface area contributed by atoms with Crippen molar-refractivity contribution >= 4 is 30.6 Å². The van der Waals surface area contributed by atoms with E-state index in [1.165, 1.54) is 6.07 Å². The van der Waals surface area contributed by atoms with E-state index in [9.17, 15) is 14.7 Å². The predicted molar refractivity (Wildman–Crippen MR) is 110 cm³/mol. The molecule has 0 bridgehead atoms. The molecule has 0 aliphatic heterocycles. The average molecular weight is 435 g/mol. The first-order valence-electron chi connectivity index (χ1n) is 8.96. The number of benzene rings is 3. The van der Waals surface area contributed by atoms with Gasteiger partial charge in [-0.2, -0.15) is 0 Å². The van der Waals surface area contributed by atoms with E-state index in [4.69, 9.17) is 4.74 Å². The molecule has 28 heavy (non-hydrogen) atoms. The van der Waals surface area contributed by atoms with Crippen molar-refractivity contribution in [2.24, 2.45) is 0 Å². The van der Waals surface area contributed by atoms with Crippen LogP contribution in [0.3, 0.4) is 0 Å². The van der Waals surface area contributed by atoms with Crippen molar-refractivity contribution in [2.75, 3.05) is 0 Å². The van der Waals surface area contributed by atoms with Crippen LogP contribution in [0.4, 0.5) is 0 Å². The summed E-state index contributed by atoms with van der Waals surface area (Å²) in [6, 6.07) is 23.0. The number of aromatic carboxylic acids is 1. The van der Waals surface area contributed by atoms with Crippen LogP contribution in [0.2, 0.25) is 0 Å². The fourth-order valence-corrected chi connectivity index (χ4v) is 4.59. The van der Waals surface area contributed by atoms with Crippen LogP contribution in [0, 0.1) is 0 Å². The fraction of sp³-hybridized carbons (Fsp3) is 0.130. The standard InChI is InChI=1S/C23H20AsO4/c1-2-22(25)24-21-13-12-18(14-20(21)23(26)27)28-15-17-10-6-7-11-19(17)16-8-4-3-5-9-16/h3-14H,2,15H2,1H3,(H,26,27). The predicted octanol–water partition coefficient (Wildman–Crippen LogP) is 3.90. The molecule has 141 valence electrons. The van der Waals surface area contributed by atoms with E-state index >= 15 is 0 Å². The van der Waals surface area contributed by atoms with Gasteiger partial charge in [0.15, 0.2) is 0 Å². The normalized spacial score (nSPS) is 10.9. The van der Waals surface area contributed by atoms with E-state index in [0.717, 1.165) is 16.7 Å². The Morgan fingerprint density at radius 3 is 2.39 bits per heavy atom. The molecule has 0 fully saturated rings. The van der Waals surface area contributed by atoms with Gasteiger partial charge in [-0.15, -0.1) is 0 Å². The van der Waals surface area contributed by atoms with E-state index in [1.807, 2.05) is 54.6 Å². The summed E-state index contributed by atoms with van der Waals surface area (Å²) in [7, 11) is 0.